The fourth-order valence-corrected chi connectivity index (χ4v) is 3.26. The second kappa shape index (κ2) is 4.72. The van der Waals surface area contributed by atoms with Crippen molar-refractivity contribution in [2.24, 2.45) is 5.92 Å². The Morgan fingerprint density at radius 1 is 1.42 bits per heavy atom. The largest absolute Gasteiger partial charge is 0.465 e. The number of amides is 1. The van der Waals surface area contributed by atoms with Crippen LogP contribution in [0.4, 0.5) is 10.5 Å². The van der Waals surface area contributed by atoms with Gasteiger partial charge in [-0.3, -0.25) is 0 Å². The molecule has 2 aliphatic heterocycles. The Morgan fingerprint density at radius 2 is 2.21 bits per heavy atom. The molecule has 0 bridgehead atoms. The average Bonchev–Trinajstić information content (AvgIpc) is 2.91. The number of likely N-dealkylation sites (tertiary alicyclic amines) is 1. The molecule has 0 radical (unpaired) electrons. The number of hydrogen-bond acceptors (Lipinski definition) is 3. The summed E-state index contributed by atoms with van der Waals surface area (Å²) >= 11 is 11.8. The molecule has 0 aromatic carbocycles. The van der Waals surface area contributed by atoms with Gasteiger partial charge < -0.3 is 14.9 Å². The predicted molar refractivity (Wildman–Crippen MR) is 73.1 cm³/mol. The van der Waals surface area contributed by atoms with Gasteiger partial charge in [-0.15, -0.1) is 0 Å². The molecule has 0 unspecified atom stereocenters. The van der Waals surface area contributed by atoms with Crippen molar-refractivity contribution in [2.75, 3.05) is 24.5 Å². The molecule has 2 atom stereocenters. The fraction of sp³-hybridized carbons (Fsp3) is 0.500. The molecule has 2 fully saturated rings. The highest BCUT2D eigenvalue weighted by molar-refractivity contribution is 6.41. The van der Waals surface area contributed by atoms with Gasteiger partial charge in [-0.25, -0.2) is 9.78 Å². The fourth-order valence-electron chi connectivity index (χ4n) is 2.99. The van der Waals surface area contributed by atoms with Gasteiger partial charge in [-0.05, 0) is 12.5 Å². The highest BCUT2D eigenvalue weighted by atomic mass is 35.5. The highest BCUT2D eigenvalue weighted by Crippen LogP contribution is 2.35. The first kappa shape index (κ1) is 12.8. The van der Waals surface area contributed by atoms with Gasteiger partial charge in [-0.1, -0.05) is 23.2 Å². The predicted octanol–water partition coefficient (Wildman–Crippen LogP) is 2.58. The third-order valence-corrected chi connectivity index (χ3v) is 4.63. The molecule has 2 saturated heterocycles. The minimum Gasteiger partial charge on any atom is -0.465 e. The van der Waals surface area contributed by atoms with Crippen molar-refractivity contribution in [3.63, 3.8) is 0 Å². The summed E-state index contributed by atoms with van der Waals surface area (Å²) in [7, 11) is 0. The van der Waals surface area contributed by atoms with E-state index in [1.165, 1.54) is 4.90 Å². The van der Waals surface area contributed by atoms with Crippen LogP contribution in [0.5, 0.6) is 0 Å². The SMILES string of the molecule is O=C(O)N1CC[C@H]2CN(c3cnc(Cl)c(Cl)c3)C[C@H]21. The first-order chi connectivity index (χ1) is 9.06. The van der Waals surface area contributed by atoms with Crippen LogP contribution in [0, 0.1) is 5.92 Å². The van der Waals surface area contributed by atoms with Gasteiger partial charge in [0.1, 0.15) is 5.15 Å². The van der Waals surface area contributed by atoms with Crippen LogP contribution in [0.3, 0.4) is 0 Å². The van der Waals surface area contributed by atoms with Gasteiger partial charge in [0.2, 0.25) is 0 Å². The van der Waals surface area contributed by atoms with Crippen molar-refractivity contribution in [3.05, 3.63) is 22.4 Å². The number of fused-ring (bicyclic) bond motifs is 1. The average molecular weight is 302 g/mol. The van der Waals surface area contributed by atoms with Gasteiger partial charge in [0.05, 0.1) is 22.9 Å². The van der Waals surface area contributed by atoms with E-state index in [1.54, 1.807) is 12.3 Å². The van der Waals surface area contributed by atoms with Crippen LogP contribution in [0.15, 0.2) is 12.3 Å². The second-order valence-electron chi connectivity index (χ2n) is 4.96. The third kappa shape index (κ3) is 2.21. The van der Waals surface area contributed by atoms with E-state index < -0.39 is 6.09 Å². The molecule has 7 heteroatoms. The maximum Gasteiger partial charge on any atom is 0.407 e. The Kier molecular flexibility index (Phi) is 3.19. The number of rotatable bonds is 1. The molecule has 0 saturated carbocycles. The number of pyridine rings is 1. The van der Waals surface area contributed by atoms with E-state index in [0.717, 1.165) is 18.7 Å². The zero-order valence-corrected chi connectivity index (χ0v) is 11.6. The van der Waals surface area contributed by atoms with Crippen LogP contribution in [0.1, 0.15) is 6.42 Å². The number of anilines is 1. The second-order valence-corrected chi connectivity index (χ2v) is 5.73. The van der Waals surface area contributed by atoms with E-state index in [1.807, 2.05) is 0 Å². The zero-order chi connectivity index (χ0) is 13.6. The van der Waals surface area contributed by atoms with E-state index in [2.05, 4.69) is 9.88 Å². The van der Waals surface area contributed by atoms with Gasteiger partial charge >= 0.3 is 6.09 Å². The Morgan fingerprint density at radius 3 is 2.89 bits per heavy atom. The molecule has 5 nitrogen and oxygen atoms in total. The van der Waals surface area contributed by atoms with E-state index >= 15 is 0 Å². The van der Waals surface area contributed by atoms with Crippen LogP contribution in [0.25, 0.3) is 0 Å². The van der Waals surface area contributed by atoms with Crippen molar-refractivity contribution in [3.8, 4) is 0 Å². The smallest absolute Gasteiger partial charge is 0.407 e. The first-order valence-corrected chi connectivity index (χ1v) is 6.87. The quantitative estimate of drug-likeness (QED) is 0.810. The van der Waals surface area contributed by atoms with Crippen LogP contribution in [-0.4, -0.2) is 46.8 Å². The Labute approximate surface area is 120 Å². The Bertz CT molecular complexity index is 526. The monoisotopic (exact) mass is 301 g/mol. The van der Waals surface area contributed by atoms with Crippen LogP contribution in [0.2, 0.25) is 10.2 Å². The first-order valence-electron chi connectivity index (χ1n) is 6.12. The molecule has 2 aliphatic rings. The molecule has 3 rings (SSSR count). The highest BCUT2D eigenvalue weighted by Gasteiger charge is 2.43. The summed E-state index contributed by atoms with van der Waals surface area (Å²) < 4.78 is 0. The minimum atomic E-state index is -0.832. The number of carboxylic acid groups (broad SMARTS) is 1. The van der Waals surface area contributed by atoms with Crippen LogP contribution in [-0.2, 0) is 0 Å². The van der Waals surface area contributed by atoms with Crippen LogP contribution < -0.4 is 4.90 Å². The summed E-state index contributed by atoms with van der Waals surface area (Å²) in [4.78, 5) is 18.8. The lowest BCUT2D eigenvalue weighted by atomic mass is 10.1. The van der Waals surface area contributed by atoms with E-state index in [0.29, 0.717) is 24.0 Å². The number of hydrogen-bond donors (Lipinski definition) is 1. The van der Waals surface area contributed by atoms with Crippen molar-refractivity contribution in [2.45, 2.75) is 12.5 Å². The third-order valence-electron chi connectivity index (χ3n) is 3.94. The Balaban J connectivity index is 1.79. The number of carbonyl (C=O) groups is 1. The van der Waals surface area contributed by atoms with E-state index in [9.17, 15) is 4.79 Å². The number of halogens is 2. The lowest BCUT2D eigenvalue weighted by Crippen LogP contribution is -2.38. The van der Waals surface area contributed by atoms with E-state index in [-0.39, 0.29) is 11.2 Å². The number of aromatic nitrogens is 1. The molecule has 102 valence electrons. The summed E-state index contributed by atoms with van der Waals surface area (Å²) in [6.07, 6.45) is 1.77. The zero-order valence-electron chi connectivity index (χ0n) is 10.1. The van der Waals surface area contributed by atoms with Crippen molar-refractivity contribution in [1.82, 2.24) is 9.88 Å². The molecule has 1 amide bonds. The normalized spacial score (nSPS) is 25.8. The molecule has 1 N–H and O–H groups in total. The molecule has 1 aromatic heterocycles. The van der Waals surface area contributed by atoms with Crippen molar-refractivity contribution < 1.29 is 9.90 Å². The summed E-state index contributed by atoms with van der Waals surface area (Å²) in [6.45, 7) is 2.17. The molecule has 0 aliphatic carbocycles. The topological polar surface area (TPSA) is 56.7 Å². The summed E-state index contributed by atoms with van der Waals surface area (Å²) in [5.41, 5.74) is 0.897. The number of nitrogens with zero attached hydrogens (tertiary/aromatic N) is 3. The standard InChI is InChI=1S/C12H13Cl2N3O2/c13-9-3-8(4-15-11(9)14)16-5-7-1-2-17(12(18)19)10(7)6-16/h3-4,7,10H,1-2,5-6H2,(H,18,19)/t7-,10+/m0/s1. The summed E-state index contributed by atoms with van der Waals surface area (Å²) in [6, 6.07) is 1.86. The van der Waals surface area contributed by atoms with Gasteiger partial charge in [-0.2, -0.15) is 0 Å². The maximum absolute atomic E-state index is 11.1. The summed E-state index contributed by atoms with van der Waals surface area (Å²) in [5, 5.41) is 9.87. The van der Waals surface area contributed by atoms with Gasteiger partial charge in [0.25, 0.3) is 0 Å². The molecule has 3 heterocycles. The lowest BCUT2D eigenvalue weighted by molar-refractivity contribution is 0.140. The molecule has 1 aromatic rings. The van der Waals surface area contributed by atoms with Crippen molar-refractivity contribution in [1.29, 1.82) is 0 Å². The molecule has 0 spiro atoms. The Hall–Kier alpha value is -1.20. The van der Waals surface area contributed by atoms with Crippen molar-refractivity contribution >= 4 is 35.0 Å². The lowest BCUT2D eigenvalue weighted by Gasteiger charge is -2.23. The minimum absolute atomic E-state index is 0.0759. The van der Waals surface area contributed by atoms with E-state index in [4.69, 9.17) is 28.3 Å². The molecule has 19 heavy (non-hydrogen) atoms. The maximum atomic E-state index is 11.1. The van der Waals surface area contributed by atoms with Gasteiger partial charge in [0, 0.05) is 25.6 Å². The van der Waals surface area contributed by atoms with Crippen LogP contribution >= 0.6 is 23.2 Å². The molecular weight excluding hydrogens is 289 g/mol. The van der Waals surface area contributed by atoms with Gasteiger partial charge in [0.15, 0.2) is 0 Å². The molecular formula is C12H13Cl2N3O2. The summed E-state index contributed by atoms with van der Waals surface area (Å²) in [5.74, 6) is 0.394.